The Morgan fingerprint density at radius 1 is 0.540 bits per heavy atom. The zero-order valence-electron chi connectivity index (χ0n) is 25.5. The molecule has 278 valence electrons. The van der Waals surface area contributed by atoms with Crippen LogP contribution < -0.4 is 31.9 Å². The van der Waals surface area contributed by atoms with Crippen LogP contribution in [0.15, 0.2) is 23.1 Å². The van der Waals surface area contributed by atoms with Crippen molar-refractivity contribution in [3.05, 3.63) is 18.2 Å². The summed E-state index contributed by atoms with van der Waals surface area (Å²) in [5.74, 6) is -2.86. The number of anilines is 8. The molecule has 25 nitrogen and oxygen atoms in total. The van der Waals surface area contributed by atoms with Gasteiger partial charge in [-0.25, -0.2) is 0 Å². The van der Waals surface area contributed by atoms with Gasteiger partial charge in [-0.2, -0.15) is 55.2 Å². The molecule has 28 heteroatoms. The SMILES string of the molecule is O=S(=O)(O)CCNc1nc(NCC(O)CO)nc(Nc2cc(Nc3nc(NCCS(=O)(=O)O)nc(NCC(O)CO)n3)cc(S(=O)(=O)O)c2)n1. The highest BCUT2D eigenvalue weighted by Gasteiger charge is 2.17. The number of hydrogen-bond donors (Lipinski definition) is 13. The van der Waals surface area contributed by atoms with Gasteiger partial charge in [-0.15, -0.1) is 0 Å². The average Bonchev–Trinajstić information content (AvgIpc) is 3.00. The van der Waals surface area contributed by atoms with Crippen LogP contribution >= 0.6 is 0 Å². The third kappa shape index (κ3) is 14.6. The van der Waals surface area contributed by atoms with Crippen LogP contribution in [-0.4, -0.2) is 152 Å². The fourth-order valence-corrected chi connectivity index (χ4v) is 4.73. The van der Waals surface area contributed by atoms with Gasteiger partial charge in [0, 0.05) is 37.6 Å². The Hall–Kier alpha value is -4.39. The lowest BCUT2D eigenvalue weighted by atomic mass is 10.2. The number of nitrogens with one attached hydrogen (secondary N) is 6. The van der Waals surface area contributed by atoms with Gasteiger partial charge in [0.05, 0.1) is 41.8 Å². The average molecular weight is 771 g/mol. The maximum atomic E-state index is 12.2. The van der Waals surface area contributed by atoms with Crippen LogP contribution in [0.25, 0.3) is 0 Å². The van der Waals surface area contributed by atoms with Crippen molar-refractivity contribution >= 4 is 77.4 Å². The molecule has 2 unspecified atom stereocenters. The van der Waals surface area contributed by atoms with Gasteiger partial charge in [0.2, 0.25) is 35.7 Å². The maximum Gasteiger partial charge on any atom is 0.294 e. The Kier molecular flexibility index (Phi) is 14.0. The maximum absolute atomic E-state index is 12.2. The largest absolute Gasteiger partial charge is 0.394 e. The predicted octanol–water partition coefficient (Wildman–Crippen LogP) is -3.08. The fraction of sp³-hybridized carbons (Fsp3) is 0.455. The molecule has 50 heavy (non-hydrogen) atoms. The van der Waals surface area contributed by atoms with Crippen molar-refractivity contribution in [3.8, 4) is 0 Å². The molecule has 1 aromatic carbocycles. The highest BCUT2D eigenvalue weighted by molar-refractivity contribution is 7.86. The molecule has 0 fully saturated rings. The third-order valence-electron chi connectivity index (χ3n) is 5.69. The molecule has 0 aliphatic rings. The summed E-state index contributed by atoms with van der Waals surface area (Å²) in [7, 11) is -13.6. The van der Waals surface area contributed by atoms with E-state index in [1.54, 1.807) is 0 Å². The molecule has 0 aliphatic heterocycles. The van der Waals surface area contributed by atoms with E-state index in [0.717, 1.165) is 12.1 Å². The molecule has 3 rings (SSSR count). The van der Waals surface area contributed by atoms with Crippen LogP contribution in [0.3, 0.4) is 0 Å². The molecular weight excluding hydrogens is 737 g/mol. The van der Waals surface area contributed by atoms with Crippen molar-refractivity contribution < 1.29 is 59.3 Å². The molecule has 0 amide bonds. The van der Waals surface area contributed by atoms with E-state index in [2.05, 4.69) is 61.8 Å². The van der Waals surface area contributed by atoms with Crippen molar-refractivity contribution in [2.75, 3.05) is 82.8 Å². The van der Waals surface area contributed by atoms with Gasteiger partial charge < -0.3 is 52.3 Å². The summed E-state index contributed by atoms with van der Waals surface area (Å²) >= 11 is 0. The molecular formula is C22H34N12O13S3. The minimum atomic E-state index is -4.86. The van der Waals surface area contributed by atoms with Crippen LogP contribution in [0, 0.1) is 0 Å². The summed E-state index contributed by atoms with van der Waals surface area (Å²) < 4.78 is 96.6. The molecule has 2 aromatic heterocycles. The standard InChI is InChI=1S/C22H34N12O13S3/c35-10-14(37)8-25-19-29-17(23-1-3-48(39,40)41)31-21(33-19)27-12-5-13(7-16(6-12)50(45,46)47)28-22-32-18(24-2-4-49(42,43)44)30-20(34-22)26-9-15(38)11-36/h5-7,14-15,35-38H,1-4,8-11H2,(H,39,40,41)(H,42,43,44)(H,45,46,47)(H3,23,25,27,29,31,33)(H3,24,26,28,30,32,34). The van der Waals surface area contributed by atoms with Crippen molar-refractivity contribution in [2.45, 2.75) is 17.1 Å². The van der Waals surface area contributed by atoms with Gasteiger partial charge in [-0.1, -0.05) is 0 Å². The van der Waals surface area contributed by atoms with Crippen LogP contribution in [0.2, 0.25) is 0 Å². The van der Waals surface area contributed by atoms with Crippen molar-refractivity contribution in [1.82, 2.24) is 29.9 Å². The normalized spacial score (nSPS) is 13.3. The van der Waals surface area contributed by atoms with E-state index in [-0.39, 0.29) is 73.2 Å². The highest BCUT2D eigenvalue weighted by Crippen LogP contribution is 2.27. The van der Waals surface area contributed by atoms with Crippen LogP contribution in [0.4, 0.5) is 47.1 Å². The zero-order valence-corrected chi connectivity index (χ0v) is 28.0. The molecule has 0 bridgehead atoms. The number of rotatable bonds is 21. The van der Waals surface area contributed by atoms with E-state index in [9.17, 15) is 40.0 Å². The molecule has 0 aliphatic carbocycles. The number of hydrogen-bond acceptors (Lipinski definition) is 22. The number of aliphatic hydroxyl groups is 4. The third-order valence-corrected chi connectivity index (χ3v) is 7.96. The van der Waals surface area contributed by atoms with E-state index in [4.69, 9.17) is 19.3 Å². The summed E-state index contributed by atoms with van der Waals surface area (Å²) in [6.07, 6.45) is -2.44. The van der Waals surface area contributed by atoms with Gasteiger partial charge in [0.15, 0.2) is 0 Å². The lowest BCUT2D eigenvalue weighted by molar-refractivity contribution is 0.105. The second kappa shape index (κ2) is 17.5. The Morgan fingerprint density at radius 3 is 1.20 bits per heavy atom. The van der Waals surface area contributed by atoms with Crippen molar-refractivity contribution in [2.24, 2.45) is 0 Å². The Balaban J connectivity index is 1.98. The van der Waals surface area contributed by atoms with Gasteiger partial charge >= 0.3 is 0 Å². The van der Waals surface area contributed by atoms with Crippen LogP contribution in [0.1, 0.15) is 0 Å². The van der Waals surface area contributed by atoms with E-state index in [1.165, 1.54) is 6.07 Å². The van der Waals surface area contributed by atoms with E-state index in [0.29, 0.717) is 0 Å². The van der Waals surface area contributed by atoms with Crippen LogP contribution in [-0.2, 0) is 30.4 Å². The molecule has 0 spiro atoms. The number of aliphatic hydroxyl groups excluding tert-OH is 4. The first-order chi connectivity index (χ1) is 23.3. The topological polar surface area (TPSA) is 394 Å². The summed E-state index contributed by atoms with van der Waals surface area (Å²) in [6.45, 7) is -2.36. The second-order valence-electron chi connectivity index (χ2n) is 9.94. The van der Waals surface area contributed by atoms with Crippen molar-refractivity contribution in [1.29, 1.82) is 0 Å². The first kappa shape index (κ1) is 40.0. The molecule has 13 N–H and O–H groups in total. The van der Waals surface area contributed by atoms with Gasteiger partial charge in [-0.05, 0) is 18.2 Å². The summed E-state index contributed by atoms with van der Waals surface area (Å²) in [6, 6.07) is 3.25. The molecule has 2 heterocycles. The van der Waals surface area contributed by atoms with Crippen LogP contribution in [0.5, 0.6) is 0 Å². The van der Waals surface area contributed by atoms with E-state index < -0.39 is 72.2 Å². The Bertz CT molecular complexity index is 1820. The lowest BCUT2D eigenvalue weighted by Gasteiger charge is -2.15. The first-order valence-corrected chi connectivity index (χ1v) is 18.6. The minimum absolute atomic E-state index is 0.0796. The monoisotopic (exact) mass is 770 g/mol. The molecule has 0 radical (unpaired) electrons. The minimum Gasteiger partial charge on any atom is -0.394 e. The van der Waals surface area contributed by atoms with E-state index in [1.807, 2.05) is 0 Å². The van der Waals surface area contributed by atoms with E-state index >= 15 is 0 Å². The number of aromatic nitrogens is 6. The van der Waals surface area contributed by atoms with Crippen molar-refractivity contribution in [3.63, 3.8) is 0 Å². The molecule has 3 aromatic rings. The predicted molar refractivity (Wildman–Crippen MR) is 175 cm³/mol. The fourth-order valence-electron chi connectivity index (χ4n) is 3.46. The molecule has 0 saturated heterocycles. The Labute approximate surface area is 284 Å². The second-order valence-corrected chi connectivity index (χ2v) is 14.5. The van der Waals surface area contributed by atoms with Gasteiger partial charge in [0.25, 0.3) is 30.4 Å². The number of nitrogens with zero attached hydrogens (tertiary/aromatic N) is 6. The first-order valence-electron chi connectivity index (χ1n) is 13.9. The quantitative estimate of drug-likeness (QED) is 0.0478. The summed E-state index contributed by atoms with van der Waals surface area (Å²) in [5.41, 5.74) is -0.159. The zero-order chi connectivity index (χ0) is 37.1. The smallest absolute Gasteiger partial charge is 0.294 e. The Morgan fingerprint density at radius 2 is 0.880 bits per heavy atom. The highest BCUT2D eigenvalue weighted by atomic mass is 32.2. The molecule has 0 saturated carbocycles. The summed E-state index contributed by atoms with van der Waals surface area (Å²) in [5, 5.41) is 53.3. The summed E-state index contributed by atoms with van der Waals surface area (Å²) in [4.78, 5) is 23.6. The number of benzene rings is 1. The molecule has 2 atom stereocenters. The van der Waals surface area contributed by atoms with Gasteiger partial charge in [0.1, 0.15) is 0 Å². The van der Waals surface area contributed by atoms with Gasteiger partial charge in [-0.3, -0.25) is 13.7 Å². The lowest BCUT2D eigenvalue weighted by Crippen LogP contribution is -2.24.